The topological polar surface area (TPSA) is 33.0 Å². The van der Waals surface area contributed by atoms with E-state index in [2.05, 4.69) is 11.4 Å². The van der Waals surface area contributed by atoms with Crippen LogP contribution in [0.3, 0.4) is 0 Å². The second kappa shape index (κ2) is 5.65. The third-order valence-corrected chi connectivity index (χ3v) is 2.99. The minimum atomic E-state index is -0.00991. The Morgan fingerprint density at radius 1 is 1.11 bits per heavy atom. The van der Waals surface area contributed by atoms with E-state index < -0.39 is 0 Å². The summed E-state index contributed by atoms with van der Waals surface area (Å²) in [5.41, 5.74) is 4.23. The lowest BCUT2D eigenvalue weighted by atomic mass is 10.1. The predicted molar refractivity (Wildman–Crippen MR) is 75.9 cm³/mol. The molecule has 0 aliphatic carbocycles. The molecule has 3 heteroatoms. The molecule has 1 aromatic heterocycles. The first-order chi connectivity index (χ1) is 9.04. The number of carbonyl (C=O) groups excluding carboxylic acids is 1. The number of aryl methyl sites for hydroxylation is 3. The molecule has 0 saturated heterocycles. The summed E-state index contributed by atoms with van der Waals surface area (Å²) >= 11 is 0. The minimum absolute atomic E-state index is 0.00991. The molecule has 2 aromatic rings. The fourth-order valence-corrected chi connectivity index (χ4v) is 2.14. The molecule has 19 heavy (non-hydrogen) atoms. The highest BCUT2D eigenvalue weighted by Crippen LogP contribution is 2.13. The van der Waals surface area contributed by atoms with Crippen LogP contribution in [0.25, 0.3) is 0 Å². The van der Waals surface area contributed by atoms with Crippen molar-refractivity contribution in [2.45, 2.75) is 27.3 Å². The summed E-state index contributed by atoms with van der Waals surface area (Å²) in [7, 11) is 0. The second-order valence-electron chi connectivity index (χ2n) is 4.89. The summed E-state index contributed by atoms with van der Waals surface area (Å²) in [6, 6.07) is 11.9. The molecule has 0 spiro atoms. The molecular formula is C16H19N2O+. The number of benzene rings is 1. The van der Waals surface area contributed by atoms with Crippen molar-refractivity contribution in [2.75, 3.05) is 5.32 Å². The Balaban J connectivity index is 2.07. The lowest BCUT2D eigenvalue weighted by Crippen LogP contribution is -2.42. The summed E-state index contributed by atoms with van der Waals surface area (Å²) < 4.78 is 1.93. The van der Waals surface area contributed by atoms with Crippen LogP contribution in [-0.2, 0) is 11.3 Å². The highest BCUT2D eigenvalue weighted by atomic mass is 16.1. The Hall–Kier alpha value is -2.16. The molecule has 0 fully saturated rings. The van der Waals surface area contributed by atoms with Crippen molar-refractivity contribution in [1.82, 2.24) is 0 Å². The predicted octanol–water partition coefficient (Wildman–Crippen LogP) is 2.54. The zero-order valence-electron chi connectivity index (χ0n) is 11.6. The first-order valence-electron chi connectivity index (χ1n) is 6.38. The quantitative estimate of drug-likeness (QED) is 0.840. The smallest absolute Gasteiger partial charge is 0.290 e. The standard InChI is InChI=1S/C16H18N2O/c1-12-8-13(2)10-15(9-12)17-16(19)11-18-7-5-4-6-14(18)3/h4-10H,11H2,1-3H3/p+1. The molecule has 0 atom stereocenters. The van der Waals surface area contributed by atoms with Crippen LogP contribution >= 0.6 is 0 Å². The molecular weight excluding hydrogens is 236 g/mol. The van der Waals surface area contributed by atoms with Gasteiger partial charge in [-0.2, -0.15) is 4.57 Å². The van der Waals surface area contributed by atoms with Gasteiger partial charge in [0, 0.05) is 24.7 Å². The third kappa shape index (κ3) is 3.65. The van der Waals surface area contributed by atoms with E-state index in [1.807, 2.05) is 61.9 Å². The van der Waals surface area contributed by atoms with E-state index in [0.29, 0.717) is 6.54 Å². The Bertz CT molecular complexity index is 585. The van der Waals surface area contributed by atoms with Gasteiger partial charge in [-0.05, 0) is 37.1 Å². The van der Waals surface area contributed by atoms with Gasteiger partial charge in [0.15, 0.2) is 11.9 Å². The monoisotopic (exact) mass is 255 g/mol. The summed E-state index contributed by atoms with van der Waals surface area (Å²) in [4.78, 5) is 12.0. The van der Waals surface area contributed by atoms with Crippen LogP contribution in [-0.4, -0.2) is 5.91 Å². The summed E-state index contributed by atoms with van der Waals surface area (Å²) in [5.74, 6) is -0.00991. The van der Waals surface area contributed by atoms with E-state index >= 15 is 0 Å². The lowest BCUT2D eigenvalue weighted by molar-refractivity contribution is -0.690. The summed E-state index contributed by atoms with van der Waals surface area (Å²) in [6.07, 6.45) is 1.91. The molecule has 3 nitrogen and oxygen atoms in total. The average molecular weight is 255 g/mol. The van der Waals surface area contributed by atoms with E-state index in [0.717, 1.165) is 22.5 Å². The molecule has 0 saturated carbocycles. The second-order valence-corrected chi connectivity index (χ2v) is 4.89. The zero-order chi connectivity index (χ0) is 13.8. The SMILES string of the molecule is Cc1cc(C)cc(NC(=O)C[n+]2ccccc2C)c1. The Labute approximate surface area is 113 Å². The molecule has 1 heterocycles. The number of hydrogen-bond donors (Lipinski definition) is 1. The van der Waals surface area contributed by atoms with E-state index in [-0.39, 0.29) is 5.91 Å². The maximum absolute atomic E-state index is 12.0. The van der Waals surface area contributed by atoms with Gasteiger partial charge in [-0.1, -0.05) is 12.1 Å². The van der Waals surface area contributed by atoms with Crippen LogP contribution in [0.4, 0.5) is 5.69 Å². The number of nitrogens with one attached hydrogen (secondary N) is 1. The number of carbonyl (C=O) groups is 1. The lowest BCUT2D eigenvalue weighted by Gasteiger charge is -2.06. The van der Waals surface area contributed by atoms with Gasteiger partial charge in [0.25, 0.3) is 5.91 Å². The van der Waals surface area contributed by atoms with Crippen LogP contribution < -0.4 is 9.88 Å². The number of amides is 1. The third-order valence-electron chi connectivity index (χ3n) is 2.99. The molecule has 0 aliphatic rings. The largest absolute Gasteiger partial charge is 0.321 e. The minimum Gasteiger partial charge on any atom is -0.321 e. The van der Waals surface area contributed by atoms with Crippen LogP contribution in [0.5, 0.6) is 0 Å². The number of aromatic nitrogens is 1. The molecule has 1 aromatic carbocycles. The first kappa shape index (κ1) is 13.3. The normalized spacial score (nSPS) is 10.3. The maximum Gasteiger partial charge on any atom is 0.290 e. The van der Waals surface area contributed by atoms with Crippen molar-refractivity contribution < 1.29 is 9.36 Å². The summed E-state index contributed by atoms with van der Waals surface area (Å²) in [5, 5.41) is 2.94. The van der Waals surface area contributed by atoms with Crippen LogP contribution in [0.2, 0.25) is 0 Å². The average Bonchev–Trinajstić information content (AvgIpc) is 2.30. The molecule has 98 valence electrons. The molecule has 0 radical (unpaired) electrons. The Morgan fingerprint density at radius 3 is 2.42 bits per heavy atom. The van der Waals surface area contributed by atoms with Crippen LogP contribution in [0, 0.1) is 20.8 Å². The number of hydrogen-bond acceptors (Lipinski definition) is 1. The number of anilines is 1. The Morgan fingerprint density at radius 2 is 1.79 bits per heavy atom. The molecule has 2 rings (SSSR count). The van der Waals surface area contributed by atoms with Crippen LogP contribution in [0.15, 0.2) is 42.6 Å². The Kier molecular flexibility index (Phi) is 3.95. The highest BCUT2D eigenvalue weighted by molar-refractivity contribution is 5.89. The van der Waals surface area contributed by atoms with E-state index in [1.165, 1.54) is 0 Å². The summed E-state index contributed by atoms with van der Waals surface area (Å²) in [6.45, 7) is 6.38. The first-order valence-corrected chi connectivity index (χ1v) is 6.38. The molecule has 0 bridgehead atoms. The fourth-order valence-electron chi connectivity index (χ4n) is 2.14. The van der Waals surface area contributed by atoms with Gasteiger partial charge in [0.05, 0.1) is 0 Å². The highest BCUT2D eigenvalue weighted by Gasteiger charge is 2.11. The van der Waals surface area contributed by atoms with E-state index in [1.54, 1.807) is 0 Å². The molecule has 1 amide bonds. The number of pyridine rings is 1. The van der Waals surface area contributed by atoms with E-state index in [9.17, 15) is 4.79 Å². The van der Waals surface area contributed by atoms with E-state index in [4.69, 9.17) is 0 Å². The van der Waals surface area contributed by atoms with Gasteiger partial charge in [-0.15, -0.1) is 0 Å². The van der Waals surface area contributed by atoms with Crippen molar-refractivity contribution in [3.8, 4) is 0 Å². The van der Waals surface area contributed by atoms with Gasteiger partial charge in [-0.3, -0.25) is 4.79 Å². The molecule has 0 aliphatic heterocycles. The van der Waals surface area contributed by atoms with Crippen molar-refractivity contribution in [1.29, 1.82) is 0 Å². The van der Waals surface area contributed by atoms with Gasteiger partial charge in [-0.25, -0.2) is 0 Å². The van der Waals surface area contributed by atoms with Gasteiger partial charge in [0.1, 0.15) is 0 Å². The van der Waals surface area contributed by atoms with Crippen LogP contribution in [0.1, 0.15) is 16.8 Å². The van der Waals surface area contributed by atoms with Crippen molar-refractivity contribution >= 4 is 11.6 Å². The van der Waals surface area contributed by atoms with Crippen molar-refractivity contribution in [3.05, 3.63) is 59.4 Å². The number of rotatable bonds is 3. The van der Waals surface area contributed by atoms with Crippen molar-refractivity contribution in [3.63, 3.8) is 0 Å². The molecule has 0 unspecified atom stereocenters. The number of nitrogens with zero attached hydrogens (tertiary/aromatic N) is 1. The fraction of sp³-hybridized carbons (Fsp3) is 0.250. The maximum atomic E-state index is 12.0. The van der Waals surface area contributed by atoms with Gasteiger partial charge >= 0.3 is 0 Å². The van der Waals surface area contributed by atoms with Gasteiger partial charge < -0.3 is 5.32 Å². The zero-order valence-corrected chi connectivity index (χ0v) is 11.6. The van der Waals surface area contributed by atoms with Gasteiger partial charge in [0.2, 0.25) is 6.54 Å². The molecule has 1 N–H and O–H groups in total. The van der Waals surface area contributed by atoms with Crippen molar-refractivity contribution in [2.24, 2.45) is 0 Å².